The van der Waals surface area contributed by atoms with Gasteiger partial charge in [0.25, 0.3) is 0 Å². The Labute approximate surface area is 114 Å². The molecule has 0 saturated carbocycles. The van der Waals surface area contributed by atoms with Crippen LogP contribution in [0.5, 0.6) is 0 Å². The molecular weight excluding hydrogens is 272 g/mol. The first-order valence-electron chi connectivity index (χ1n) is 6.26. The minimum atomic E-state index is -3.39. The fraction of sp³-hybridized carbons (Fsp3) is 0.833. The van der Waals surface area contributed by atoms with Gasteiger partial charge in [0.15, 0.2) is 15.3 Å². The molecule has 19 heavy (non-hydrogen) atoms. The first-order chi connectivity index (χ1) is 8.64. The first-order valence-corrected chi connectivity index (χ1v) is 7.97. The lowest BCUT2D eigenvalue weighted by Gasteiger charge is -2.25. The Morgan fingerprint density at radius 2 is 1.79 bits per heavy atom. The lowest BCUT2D eigenvalue weighted by Crippen LogP contribution is -2.42. The molecule has 0 aromatic heterocycles. The second kappa shape index (κ2) is 6.88. The lowest BCUT2D eigenvalue weighted by molar-refractivity contribution is -0.169. The van der Waals surface area contributed by atoms with Gasteiger partial charge in [-0.2, -0.15) is 0 Å². The Morgan fingerprint density at radius 3 is 2.11 bits per heavy atom. The molecule has 0 amide bonds. The van der Waals surface area contributed by atoms with Crippen molar-refractivity contribution in [1.29, 1.82) is 0 Å². The molecule has 1 atom stereocenters. The summed E-state index contributed by atoms with van der Waals surface area (Å²) < 4.78 is 28.3. The maximum absolute atomic E-state index is 11.8. The molecule has 0 bridgehead atoms. The van der Waals surface area contributed by atoms with Crippen molar-refractivity contribution in [3.63, 3.8) is 0 Å². The van der Waals surface area contributed by atoms with E-state index in [1.165, 1.54) is 20.8 Å². The number of carboxylic acid groups (broad SMARTS) is 1. The zero-order valence-electron chi connectivity index (χ0n) is 11.8. The second-order valence-corrected chi connectivity index (χ2v) is 7.30. The van der Waals surface area contributed by atoms with Crippen LogP contribution in [0.3, 0.4) is 0 Å². The third-order valence-electron chi connectivity index (χ3n) is 3.21. The summed E-state index contributed by atoms with van der Waals surface area (Å²) in [4.78, 5) is 23.2. The molecule has 0 heterocycles. The summed E-state index contributed by atoms with van der Waals surface area (Å²) in [6, 6.07) is 0. The van der Waals surface area contributed by atoms with Gasteiger partial charge in [0, 0.05) is 0 Å². The van der Waals surface area contributed by atoms with Gasteiger partial charge in [-0.25, -0.2) is 8.42 Å². The van der Waals surface area contributed by atoms with E-state index >= 15 is 0 Å². The summed E-state index contributed by atoms with van der Waals surface area (Å²) in [7, 11) is -3.39. The maximum atomic E-state index is 11.8. The average Bonchev–Trinajstić information content (AvgIpc) is 2.30. The lowest BCUT2D eigenvalue weighted by atomic mass is 9.82. The Hall–Kier alpha value is -1.11. The van der Waals surface area contributed by atoms with E-state index in [2.05, 4.69) is 0 Å². The molecule has 6 nitrogen and oxygen atoms in total. The van der Waals surface area contributed by atoms with Crippen LogP contribution >= 0.6 is 0 Å². The quantitative estimate of drug-likeness (QED) is 0.534. The number of aliphatic carboxylic acids is 1. The van der Waals surface area contributed by atoms with E-state index in [4.69, 9.17) is 4.74 Å². The van der Waals surface area contributed by atoms with Gasteiger partial charge < -0.3 is 9.84 Å². The third kappa shape index (κ3) is 4.19. The van der Waals surface area contributed by atoms with Crippen molar-refractivity contribution in [3.8, 4) is 0 Å². The van der Waals surface area contributed by atoms with E-state index in [1.807, 2.05) is 0 Å². The fourth-order valence-electron chi connectivity index (χ4n) is 1.59. The maximum Gasteiger partial charge on any atom is 0.323 e. The van der Waals surface area contributed by atoms with Crippen molar-refractivity contribution in [1.82, 2.24) is 0 Å². The molecule has 0 radical (unpaired) electrons. The van der Waals surface area contributed by atoms with Crippen molar-refractivity contribution in [2.75, 3.05) is 12.4 Å². The van der Waals surface area contributed by atoms with Crippen molar-refractivity contribution < 1.29 is 27.9 Å². The molecule has 7 heteroatoms. The highest BCUT2D eigenvalue weighted by atomic mass is 32.2. The number of ether oxygens (including phenoxy) is 1. The topological polar surface area (TPSA) is 97.7 Å². The molecule has 0 spiro atoms. The number of sulfone groups is 1. The number of carbonyl (C=O) groups is 2. The van der Waals surface area contributed by atoms with Gasteiger partial charge in [-0.05, 0) is 33.6 Å². The molecule has 0 aromatic rings. The Balaban J connectivity index is 5.20. The van der Waals surface area contributed by atoms with Gasteiger partial charge in [-0.1, -0.05) is 6.92 Å². The first kappa shape index (κ1) is 17.9. The molecule has 0 rings (SSSR count). The van der Waals surface area contributed by atoms with Crippen LogP contribution < -0.4 is 0 Å². The Bertz CT molecular complexity index is 426. The fourth-order valence-corrected chi connectivity index (χ4v) is 2.69. The summed E-state index contributed by atoms with van der Waals surface area (Å²) in [5.41, 5.74) is -1.78. The highest BCUT2D eigenvalue weighted by Gasteiger charge is 2.46. The molecule has 0 aliphatic rings. The number of rotatable bonds is 8. The Morgan fingerprint density at radius 1 is 1.26 bits per heavy atom. The number of esters is 1. The van der Waals surface area contributed by atoms with E-state index < -0.39 is 32.4 Å². The van der Waals surface area contributed by atoms with Crippen LogP contribution in [0.2, 0.25) is 0 Å². The minimum absolute atomic E-state index is 0.00518. The molecule has 112 valence electrons. The van der Waals surface area contributed by atoms with E-state index in [-0.39, 0.29) is 25.2 Å². The molecule has 0 saturated heterocycles. The van der Waals surface area contributed by atoms with Crippen LogP contribution in [0.1, 0.15) is 40.5 Å². The van der Waals surface area contributed by atoms with Crippen LogP contribution in [0.25, 0.3) is 0 Å². The molecule has 0 fully saturated rings. The number of hydrogen-bond acceptors (Lipinski definition) is 5. The molecule has 0 aliphatic carbocycles. The summed E-state index contributed by atoms with van der Waals surface area (Å²) in [6.45, 7) is 6.21. The summed E-state index contributed by atoms with van der Waals surface area (Å²) >= 11 is 0. The van der Waals surface area contributed by atoms with Crippen LogP contribution in [-0.2, 0) is 24.2 Å². The molecule has 1 N–H and O–H groups in total. The van der Waals surface area contributed by atoms with Crippen LogP contribution in [0, 0.1) is 5.41 Å². The predicted octanol–water partition coefficient (Wildman–Crippen LogP) is 1.24. The van der Waals surface area contributed by atoms with Crippen LogP contribution in [-0.4, -0.2) is 43.1 Å². The normalized spacial score (nSPS) is 15.0. The van der Waals surface area contributed by atoms with Gasteiger partial charge in [-0.15, -0.1) is 0 Å². The highest BCUT2D eigenvalue weighted by molar-refractivity contribution is 7.91. The van der Waals surface area contributed by atoms with Gasteiger partial charge in [0.1, 0.15) is 0 Å². The zero-order valence-corrected chi connectivity index (χ0v) is 12.6. The summed E-state index contributed by atoms with van der Waals surface area (Å²) in [5.74, 6) is -2.56. The minimum Gasteiger partial charge on any atom is -0.480 e. The molecule has 0 aliphatic heterocycles. The summed E-state index contributed by atoms with van der Waals surface area (Å²) in [6.07, 6.45) is -0.271. The van der Waals surface area contributed by atoms with Crippen molar-refractivity contribution in [3.05, 3.63) is 0 Å². The van der Waals surface area contributed by atoms with Gasteiger partial charge in [0.05, 0.1) is 17.6 Å². The van der Waals surface area contributed by atoms with Crippen molar-refractivity contribution in [2.24, 2.45) is 5.41 Å². The van der Waals surface area contributed by atoms with Crippen LogP contribution in [0.4, 0.5) is 0 Å². The van der Waals surface area contributed by atoms with E-state index in [0.29, 0.717) is 0 Å². The van der Waals surface area contributed by atoms with E-state index in [0.717, 1.165) is 0 Å². The monoisotopic (exact) mass is 294 g/mol. The standard InChI is InChI=1S/C12H22O6S/c1-5-12(10(13)14,11(15)18-6-2)7-8-19(16,17)9(3)4/h9H,5-8H2,1-4H3,(H,13,14). The number of carbonyl (C=O) groups excluding carboxylic acids is 1. The van der Waals surface area contributed by atoms with Gasteiger partial charge in [0.2, 0.25) is 0 Å². The Kier molecular flexibility index (Phi) is 6.48. The second-order valence-electron chi connectivity index (χ2n) is 4.63. The van der Waals surface area contributed by atoms with Crippen molar-refractivity contribution >= 4 is 21.8 Å². The molecule has 0 aromatic carbocycles. The molecular formula is C12H22O6S. The number of hydrogen-bond donors (Lipinski definition) is 1. The van der Waals surface area contributed by atoms with E-state index in [1.54, 1.807) is 6.92 Å². The van der Waals surface area contributed by atoms with Gasteiger partial charge >= 0.3 is 11.9 Å². The highest BCUT2D eigenvalue weighted by Crippen LogP contribution is 2.30. The van der Waals surface area contributed by atoms with Crippen molar-refractivity contribution in [2.45, 2.75) is 45.8 Å². The zero-order chi connectivity index (χ0) is 15.3. The number of carboxylic acids is 1. The van der Waals surface area contributed by atoms with Crippen LogP contribution in [0.15, 0.2) is 0 Å². The van der Waals surface area contributed by atoms with Gasteiger partial charge in [-0.3, -0.25) is 9.59 Å². The third-order valence-corrected chi connectivity index (χ3v) is 5.42. The predicted molar refractivity (Wildman–Crippen MR) is 70.5 cm³/mol. The average molecular weight is 294 g/mol. The molecule has 1 unspecified atom stereocenters. The summed E-state index contributed by atoms with van der Waals surface area (Å²) in [5, 5.41) is 8.66. The smallest absolute Gasteiger partial charge is 0.323 e. The largest absolute Gasteiger partial charge is 0.480 e. The SMILES string of the molecule is CCOC(=O)C(CC)(CCS(=O)(=O)C(C)C)C(=O)O. The van der Waals surface area contributed by atoms with E-state index in [9.17, 15) is 23.1 Å².